The first-order chi connectivity index (χ1) is 11.2. The molecule has 0 bridgehead atoms. The average Bonchev–Trinajstić information content (AvgIpc) is 3.08. The molecule has 2 amide bonds. The van der Waals surface area contributed by atoms with Crippen molar-refractivity contribution in [1.29, 1.82) is 0 Å². The van der Waals surface area contributed by atoms with Gasteiger partial charge in [0.05, 0.1) is 0 Å². The number of thiophene rings is 1. The molecule has 2 rings (SSSR count). The molecule has 0 aliphatic carbocycles. The standard InChI is InChI=1S/C17H21N3O2S/c1-2-18-11-13-5-3-4-6-15(13)20-16(21)7-9-19-17(22)14-8-10-23-12-14/h3-6,8,10,12,18H,2,7,9,11H2,1H3,(H,19,22)(H,20,21). The summed E-state index contributed by atoms with van der Waals surface area (Å²) in [6, 6.07) is 9.47. The molecule has 122 valence electrons. The van der Waals surface area contributed by atoms with Crippen LogP contribution in [0, 0.1) is 0 Å². The van der Waals surface area contributed by atoms with E-state index in [-0.39, 0.29) is 18.2 Å². The molecule has 5 nitrogen and oxygen atoms in total. The Labute approximate surface area is 140 Å². The molecule has 1 heterocycles. The summed E-state index contributed by atoms with van der Waals surface area (Å²) in [5.41, 5.74) is 2.49. The summed E-state index contributed by atoms with van der Waals surface area (Å²) in [6.45, 7) is 3.94. The summed E-state index contributed by atoms with van der Waals surface area (Å²) in [7, 11) is 0. The molecule has 2 aromatic rings. The number of carbonyl (C=O) groups is 2. The number of hydrogen-bond donors (Lipinski definition) is 3. The Bertz CT molecular complexity index is 641. The fourth-order valence-electron chi connectivity index (χ4n) is 2.05. The lowest BCUT2D eigenvalue weighted by Gasteiger charge is -2.11. The van der Waals surface area contributed by atoms with Crippen molar-refractivity contribution in [3.05, 3.63) is 52.2 Å². The highest BCUT2D eigenvalue weighted by atomic mass is 32.1. The second kappa shape index (κ2) is 9.07. The number of carbonyl (C=O) groups excluding carboxylic acids is 2. The molecule has 0 aliphatic rings. The molecule has 6 heteroatoms. The van der Waals surface area contributed by atoms with Crippen LogP contribution in [0.2, 0.25) is 0 Å². The summed E-state index contributed by atoms with van der Waals surface area (Å²) in [4.78, 5) is 23.8. The lowest BCUT2D eigenvalue weighted by Crippen LogP contribution is -2.27. The molecule has 0 spiro atoms. The molecule has 3 N–H and O–H groups in total. The van der Waals surface area contributed by atoms with Gasteiger partial charge in [0.25, 0.3) is 5.91 Å². The quantitative estimate of drug-likeness (QED) is 0.696. The Balaban J connectivity index is 1.79. The van der Waals surface area contributed by atoms with Crippen LogP contribution in [0.3, 0.4) is 0 Å². The summed E-state index contributed by atoms with van der Waals surface area (Å²) in [6.07, 6.45) is 0.241. The van der Waals surface area contributed by atoms with Crippen molar-refractivity contribution in [2.75, 3.05) is 18.4 Å². The minimum absolute atomic E-state index is 0.112. The zero-order valence-corrected chi connectivity index (χ0v) is 13.9. The molecule has 1 aromatic heterocycles. The first kappa shape index (κ1) is 17.2. The van der Waals surface area contributed by atoms with Gasteiger partial charge >= 0.3 is 0 Å². The van der Waals surface area contributed by atoms with E-state index in [1.54, 1.807) is 11.4 Å². The number of nitrogens with one attached hydrogen (secondary N) is 3. The molecule has 0 fully saturated rings. The van der Waals surface area contributed by atoms with Gasteiger partial charge in [-0.2, -0.15) is 11.3 Å². The molecule has 23 heavy (non-hydrogen) atoms. The van der Waals surface area contributed by atoms with Crippen molar-refractivity contribution in [3.63, 3.8) is 0 Å². The van der Waals surface area contributed by atoms with E-state index in [1.807, 2.05) is 36.6 Å². The van der Waals surface area contributed by atoms with E-state index in [0.717, 1.165) is 17.8 Å². The maximum Gasteiger partial charge on any atom is 0.252 e. The van der Waals surface area contributed by atoms with Gasteiger partial charge in [-0.05, 0) is 29.6 Å². The van der Waals surface area contributed by atoms with Gasteiger partial charge in [0, 0.05) is 36.1 Å². The highest BCUT2D eigenvalue weighted by Crippen LogP contribution is 2.15. The Hall–Kier alpha value is -2.18. The van der Waals surface area contributed by atoms with Gasteiger partial charge in [0.2, 0.25) is 5.91 Å². The molecule has 0 radical (unpaired) electrons. The minimum Gasteiger partial charge on any atom is -0.351 e. The Morgan fingerprint density at radius 1 is 1.17 bits per heavy atom. The highest BCUT2D eigenvalue weighted by molar-refractivity contribution is 7.08. The van der Waals surface area contributed by atoms with E-state index in [2.05, 4.69) is 16.0 Å². The van der Waals surface area contributed by atoms with Crippen LogP contribution in [0.25, 0.3) is 0 Å². The molecular formula is C17H21N3O2S. The number of hydrogen-bond acceptors (Lipinski definition) is 4. The Morgan fingerprint density at radius 2 is 2.00 bits per heavy atom. The zero-order chi connectivity index (χ0) is 16.5. The van der Waals surface area contributed by atoms with E-state index in [4.69, 9.17) is 0 Å². The van der Waals surface area contributed by atoms with Gasteiger partial charge in [-0.3, -0.25) is 9.59 Å². The molecule has 0 saturated carbocycles. The second-order valence-corrected chi connectivity index (χ2v) is 5.78. The summed E-state index contributed by atoms with van der Waals surface area (Å²) in [5, 5.41) is 12.5. The lowest BCUT2D eigenvalue weighted by molar-refractivity contribution is -0.116. The van der Waals surface area contributed by atoms with E-state index in [9.17, 15) is 9.59 Å². The SMILES string of the molecule is CCNCc1ccccc1NC(=O)CCNC(=O)c1ccsc1. The van der Waals surface area contributed by atoms with Crippen LogP contribution in [0.1, 0.15) is 29.3 Å². The number of anilines is 1. The predicted molar refractivity (Wildman–Crippen MR) is 93.7 cm³/mol. The van der Waals surface area contributed by atoms with Crippen LogP contribution in [-0.4, -0.2) is 24.9 Å². The van der Waals surface area contributed by atoms with Crippen LogP contribution in [-0.2, 0) is 11.3 Å². The molecule has 0 aliphatic heterocycles. The number of rotatable bonds is 8. The van der Waals surface area contributed by atoms with Crippen molar-refractivity contribution in [3.8, 4) is 0 Å². The van der Waals surface area contributed by atoms with Crippen LogP contribution < -0.4 is 16.0 Å². The molecular weight excluding hydrogens is 310 g/mol. The second-order valence-electron chi connectivity index (χ2n) is 5.00. The van der Waals surface area contributed by atoms with Crippen LogP contribution in [0.5, 0.6) is 0 Å². The third-order valence-corrected chi connectivity index (χ3v) is 3.96. The maximum atomic E-state index is 12.0. The van der Waals surface area contributed by atoms with Gasteiger partial charge in [-0.25, -0.2) is 0 Å². The number of benzene rings is 1. The van der Waals surface area contributed by atoms with Gasteiger partial charge < -0.3 is 16.0 Å². The van der Waals surface area contributed by atoms with Crippen molar-refractivity contribution < 1.29 is 9.59 Å². The number of para-hydroxylation sites is 1. The van der Waals surface area contributed by atoms with E-state index in [1.165, 1.54) is 11.3 Å². The predicted octanol–water partition coefficient (Wildman–Crippen LogP) is 2.62. The normalized spacial score (nSPS) is 10.3. The summed E-state index contributed by atoms with van der Waals surface area (Å²) >= 11 is 1.47. The topological polar surface area (TPSA) is 70.2 Å². The summed E-state index contributed by atoms with van der Waals surface area (Å²) in [5.74, 6) is -0.258. The van der Waals surface area contributed by atoms with E-state index < -0.39 is 0 Å². The van der Waals surface area contributed by atoms with Crippen molar-refractivity contribution in [1.82, 2.24) is 10.6 Å². The number of amides is 2. The molecule has 0 unspecified atom stereocenters. The fourth-order valence-corrected chi connectivity index (χ4v) is 2.69. The third-order valence-electron chi connectivity index (χ3n) is 3.28. The Kier molecular flexibility index (Phi) is 6.77. The average molecular weight is 331 g/mol. The fraction of sp³-hybridized carbons (Fsp3) is 0.294. The largest absolute Gasteiger partial charge is 0.351 e. The summed E-state index contributed by atoms with van der Waals surface area (Å²) < 4.78 is 0. The van der Waals surface area contributed by atoms with Crippen molar-refractivity contribution in [2.24, 2.45) is 0 Å². The minimum atomic E-state index is -0.147. The third kappa shape index (κ3) is 5.50. The molecule has 1 aromatic carbocycles. The lowest BCUT2D eigenvalue weighted by atomic mass is 10.1. The van der Waals surface area contributed by atoms with Crippen molar-refractivity contribution in [2.45, 2.75) is 19.9 Å². The molecule has 0 atom stereocenters. The molecule has 0 saturated heterocycles. The first-order valence-electron chi connectivity index (χ1n) is 7.59. The van der Waals surface area contributed by atoms with Crippen molar-refractivity contribution >= 4 is 28.8 Å². The van der Waals surface area contributed by atoms with Gasteiger partial charge in [0.1, 0.15) is 0 Å². The highest BCUT2D eigenvalue weighted by Gasteiger charge is 2.08. The van der Waals surface area contributed by atoms with Gasteiger partial charge in [-0.15, -0.1) is 0 Å². The first-order valence-corrected chi connectivity index (χ1v) is 8.54. The smallest absolute Gasteiger partial charge is 0.252 e. The van der Waals surface area contributed by atoms with Gasteiger partial charge in [-0.1, -0.05) is 25.1 Å². The van der Waals surface area contributed by atoms with E-state index in [0.29, 0.717) is 18.7 Å². The van der Waals surface area contributed by atoms with Crippen LogP contribution in [0.15, 0.2) is 41.1 Å². The van der Waals surface area contributed by atoms with Crippen LogP contribution in [0.4, 0.5) is 5.69 Å². The maximum absolute atomic E-state index is 12.0. The van der Waals surface area contributed by atoms with Crippen LogP contribution >= 0.6 is 11.3 Å². The monoisotopic (exact) mass is 331 g/mol. The zero-order valence-electron chi connectivity index (χ0n) is 13.1. The Morgan fingerprint density at radius 3 is 2.74 bits per heavy atom. The van der Waals surface area contributed by atoms with E-state index >= 15 is 0 Å². The van der Waals surface area contributed by atoms with Gasteiger partial charge in [0.15, 0.2) is 0 Å².